The van der Waals surface area contributed by atoms with E-state index in [-0.39, 0.29) is 5.91 Å². The van der Waals surface area contributed by atoms with Crippen LogP contribution in [0.1, 0.15) is 5.56 Å². The Morgan fingerprint density at radius 3 is 2.59 bits per heavy atom. The predicted octanol–water partition coefficient (Wildman–Crippen LogP) is 2.57. The van der Waals surface area contributed by atoms with Gasteiger partial charge in [-0.25, -0.2) is 0 Å². The normalized spacial score (nSPS) is 22.9. The van der Waals surface area contributed by atoms with E-state index < -0.39 is 5.60 Å². The van der Waals surface area contributed by atoms with Crippen molar-refractivity contribution >= 4 is 17.3 Å². The first-order valence-corrected chi connectivity index (χ1v) is 6.85. The van der Waals surface area contributed by atoms with Gasteiger partial charge in [-0.15, -0.1) is 0 Å². The molecule has 0 fully saturated rings. The summed E-state index contributed by atoms with van der Waals surface area (Å²) in [7, 11) is 0. The summed E-state index contributed by atoms with van der Waals surface area (Å²) in [6.07, 6.45) is 1.67. The van der Waals surface area contributed by atoms with Gasteiger partial charge in [0.25, 0.3) is 5.91 Å². The first kappa shape index (κ1) is 12.6. The molecular formula is C17H12N2O3. The second-order valence-corrected chi connectivity index (χ2v) is 5.16. The summed E-state index contributed by atoms with van der Waals surface area (Å²) in [6, 6.07) is 16.3. The lowest BCUT2D eigenvalue weighted by atomic mass is 9.99. The summed E-state index contributed by atoms with van der Waals surface area (Å²) in [6.45, 7) is 0. The molecule has 2 aromatic carbocycles. The van der Waals surface area contributed by atoms with E-state index in [2.05, 4.69) is 10.5 Å². The number of hydrogen-bond acceptors (Lipinski definition) is 4. The number of ether oxygens (including phenoxy) is 1. The minimum atomic E-state index is -1.17. The van der Waals surface area contributed by atoms with Gasteiger partial charge in [0.2, 0.25) is 5.60 Å². The number of oxime groups is 1. The van der Waals surface area contributed by atoms with Gasteiger partial charge < -0.3 is 15.3 Å². The van der Waals surface area contributed by atoms with Crippen LogP contribution in [0.15, 0.2) is 71.4 Å². The van der Waals surface area contributed by atoms with Gasteiger partial charge in [0.15, 0.2) is 0 Å². The molecule has 2 aliphatic rings. The molecule has 0 saturated carbocycles. The lowest BCUT2D eigenvalue weighted by Crippen LogP contribution is -2.42. The Labute approximate surface area is 126 Å². The van der Waals surface area contributed by atoms with Crippen molar-refractivity contribution in [2.45, 2.75) is 5.60 Å². The highest BCUT2D eigenvalue weighted by Crippen LogP contribution is 2.48. The van der Waals surface area contributed by atoms with E-state index in [9.17, 15) is 10.0 Å². The monoisotopic (exact) mass is 292 g/mol. The SMILES string of the molecule is O=C(Nc1ccccc1)[C@@]12C=C1C(=NO)c1ccccc1O2. The summed E-state index contributed by atoms with van der Waals surface area (Å²) in [5.41, 5.74) is 1.15. The fraction of sp³-hybridized carbons (Fsp3) is 0.0588. The summed E-state index contributed by atoms with van der Waals surface area (Å²) in [5, 5.41) is 15.4. The quantitative estimate of drug-likeness (QED) is 0.660. The van der Waals surface area contributed by atoms with Crippen molar-refractivity contribution in [3.05, 3.63) is 71.8 Å². The van der Waals surface area contributed by atoms with E-state index in [1.165, 1.54) is 0 Å². The zero-order valence-corrected chi connectivity index (χ0v) is 11.5. The molecule has 0 bridgehead atoms. The molecule has 22 heavy (non-hydrogen) atoms. The van der Waals surface area contributed by atoms with Gasteiger partial charge in [-0.1, -0.05) is 35.5 Å². The minimum Gasteiger partial charge on any atom is -0.468 e. The highest BCUT2D eigenvalue weighted by molar-refractivity contribution is 6.27. The van der Waals surface area contributed by atoms with Crippen LogP contribution in [0.25, 0.3) is 0 Å². The van der Waals surface area contributed by atoms with Crippen LogP contribution in [-0.4, -0.2) is 22.4 Å². The molecule has 1 atom stereocenters. The van der Waals surface area contributed by atoms with Gasteiger partial charge in [0.1, 0.15) is 11.5 Å². The first-order valence-electron chi connectivity index (χ1n) is 6.85. The fourth-order valence-corrected chi connectivity index (χ4v) is 2.65. The van der Waals surface area contributed by atoms with Crippen LogP contribution < -0.4 is 10.1 Å². The second kappa shape index (κ2) is 4.46. The van der Waals surface area contributed by atoms with Crippen molar-refractivity contribution in [1.29, 1.82) is 0 Å². The van der Waals surface area contributed by atoms with Crippen LogP contribution in [0.2, 0.25) is 0 Å². The van der Waals surface area contributed by atoms with Crippen molar-refractivity contribution < 1.29 is 14.7 Å². The largest absolute Gasteiger partial charge is 0.468 e. The Morgan fingerprint density at radius 2 is 1.82 bits per heavy atom. The number of hydrogen-bond donors (Lipinski definition) is 2. The molecule has 108 valence electrons. The maximum Gasteiger partial charge on any atom is 0.277 e. The standard InChI is InChI=1S/C17H12N2O3/c20-16(18-11-6-2-1-3-7-11)17-10-13(17)15(19-21)12-8-4-5-9-14(12)22-17/h1-10,21H,(H,18,20)/t17-/m1/s1. The van der Waals surface area contributed by atoms with E-state index in [4.69, 9.17) is 4.74 Å². The molecule has 4 rings (SSSR count). The topological polar surface area (TPSA) is 70.9 Å². The number of nitrogens with zero attached hydrogens (tertiary/aromatic N) is 1. The number of rotatable bonds is 2. The van der Waals surface area contributed by atoms with Gasteiger partial charge in [-0.2, -0.15) is 0 Å². The molecule has 2 aromatic rings. The molecule has 0 spiro atoms. The van der Waals surface area contributed by atoms with E-state index in [1.807, 2.05) is 30.3 Å². The van der Waals surface area contributed by atoms with Crippen molar-refractivity contribution in [2.24, 2.45) is 5.16 Å². The molecule has 1 heterocycles. The molecule has 5 nitrogen and oxygen atoms in total. The lowest BCUT2D eigenvalue weighted by molar-refractivity contribution is -0.123. The van der Waals surface area contributed by atoms with E-state index in [0.29, 0.717) is 28.3 Å². The van der Waals surface area contributed by atoms with Crippen LogP contribution in [0.3, 0.4) is 0 Å². The molecule has 1 aliphatic carbocycles. The lowest BCUT2D eigenvalue weighted by Gasteiger charge is -2.26. The van der Waals surface area contributed by atoms with E-state index in [0.717, 1.165) is 0 Å². The maximum absolute atomic E-state index is 12.6. The van der Waals surface area contributed by atoms with Crippen LogP contribution in [0, 0.1) is 0 Å². The molecule has 1 aliphatic heterocycles. The predicted molar refractivity (Wildman–Crippen MR) is 81.3 cm³/mol. The van der Waals surface area contributed by atoms with E-state index in [1.54, 1.807) is 30.3 Å². The number of carbonyl (C=O) groups excluding carboxylic acids is 1. The Kier molecular flexibility index (Phi) is 2.56. The second-order valence-electron chi connectivity index (χ2n) is 5.16. The van der Waals surface area contributed by atoms with Crippen LogP contribution >= 0.6 is 0 Å². The number of nitrogens with one attached hydrogen (secondary N) is 1. The van der Waals surface area contributed by atoms with Crippen molar-refractivity contribution in [3.63, 3.8) is 0 Å². The third-order valence-electron chi connectivity index (χ3n) is 3.80. The molecule has 1 amide bonds. The fourth-order valence-electron chi connectivity index (χ4n) is 2.65. The molecule has 0 unspecified atom stereocenters. The first-order chi connectivity index (χ1) is 10.7. The van der Waals surface area contributed by atoms with Gasteiger partial charge in [-0.3, -0.25) is 4.79 Å². The molecule has 0 aromatic heterocycles. The van der Waals surface area contributed by atoms with Gasteiger partial charge in [-0.05, 0) is 30.3 Å². The number of anilines is 1. The highest BCUT2D eigenvalue weighted by atomic mass is 16.5. The highest BCUT2D eigenvalue weighted by Gasteiger charge is 2.59. The third-order valence-corrected chi connectivity index (χ3v) is 3.80. The summed E-state index contributed by atoms with van der Waals surface area (Å²) in [4.78, 5) is 12.6. The number of fused-ring (bicyclic) bond motifs is 2. The summed E-state index contributed by atoms with van der Waals surface area (Å²) in [5.74, 6) is 0.223. The van der Waals surface area contributed by atoms with Crippen LogP contribution in [-0.2, 0) is 4.79 Å². The summed E-state index contributed by atoms with van der Waals surface area (Å²) >= 11 is 0. The Morgan fingerprint density at radius 1 is 1.09 bits per heavy atom. The number of amides is 1. The minimum absolute atomic E-state index is 0.302. The molecule has 0 radical (unpaired) electrons. The Hall–Kier alpha value is -3.08. The van der Waals surface area contributed by atoms with Gasteiger partial charge in [0.05, 0.1) is 0 Å². The third kappa shape index (κ3) is 1.72. The average Bonchev–Trinajstić information content (AvgIpc) is 3.29. The average molecular weight is 292 g/mol. The number of carbonyl (C=O) groups is 1. The molecular weight excluding hydrogens is 280 g/mol. The van der Waals surface area contributed by atoms with Crippen molar-refractivity contribution in [3.8, 4) is 5.75 Å². The zero-order chi connectivity index (χ0) is 15.2. The Bertz CT molecular complexity index is 827. The molecule has 2 N–H and O–H groups in total. The van der Waals surface area contributed by atoms with Gasteiger partial charge in [0, 0.05) is 16.8 Å². The Balaban J connectivity index is 1.67. The zero-order valence-electron chi connectivity index (χ0n) is 11.5. The maximum atomic E-state index is 12.6. The molecule has 0 saturated heterocycles. The van der Waals surface area contributed by atoms with Gasteiger partial charge >= 0.3 is 0 Å². The number of benzene rings is 2. The smallest absolute Gasteiger partial charge is 0.277 e. The van der Waals surface area contributed by atoms with Crippen LogP contribution in [0.4, 0.5) is 5.69 Å². The van der Waals surface area contributed by atoms with Crippen molar-refractivity contribution in [2.75, 3.05) is 5.32 Å². The molecule has 5 heteroatoms. The summed E-state index contributed by atoms with van der Waals surface area (Å²) < 4.78 is 5.86. The number of para-hydroxylation sites is 2. The van der Waals surface area contributed by atoms with E-state index >= 15 is 0 Å². The van der Waals surface area contributed by atoms with Crippen LogP contribution in [0.5, 0.6) is 5.75 Å². The van der Waals surface area contributed by atoms with Crippen molar-refractivity contribution in [1.82, 2.24) is 0 Å².